The zero-order chi connectivity index (χ0) is 20.5. The molecule has 2 aromatic carbocycles. The highest BCUT2D eigenvalue weighted by molar-refractivity contribution is 6.21. The van der Waals surface area contributed by atoms with Gasteiger partial charge in [0.15, 0.2) is 5.78 Å². The summed E-state index contributed by atoms with van der Waals surface area (Å²) in [4.78, 5) is 12.9. The van der Waals surface area contributed by atoms with Gasteiger partial charge in [0, 0.05) is 12.0 Å². The van der Waals surface area contributed by atoms with Crippen LogP contribution in [0.25, 0.3) is 5.57 Å². The summed E-state index contributed by atoms with van der Waals surface area (Å²) in [5.41, 5.74) is 4.42. The number of phenols is 1. The van der Waals surface area contributed by atoms with Crippen molar-refractivity contribution in [2.45, 2.75) is 33.6 Å². The highest BCUT2D eigenvalue weighted by Gasteiger charge is 2.14. The van der Waals surface area contributed by atoms with E-state index in [2.05, 4.69) is 12.7 Å². The number of hydrogen-bond acceptors (Lipinski definition) is 3. The standard InChI is InChI=1S/C25H28O3/c1-5-15-28-22-12-8-19(9-13-22)16-25(27)23(6-2)20-11-14-24(26)21(17-20)10-7-18(3)4/h5-9,11-14,17,26H,1,10,15-16H2,2-4H3/b23-6+. The Hall–Kier alpha value is -3.07. The predicted octanol–water partition coefficient (Wildman–Crippen LogP) is 5.68. The molecule has 2 aromatic rings. The monoisotopic (exact) mass is 376 g/mol. The maximum atomic E-state index is 12.9. The Morgan fingerprint density at radius 1 is 1.14 bits per heavy atom. The Balaban J connectivity index is 2.16. The number of carbonyl (C=O) groups excluding carboxylic acids is 1. The van der Waals surface area contributed by atoms with Crippen LogP contribution in [0.5, 0.6) is 11.5 Å². The van der Waals surface area contributed by atoms with Crippen LogP contribution < -0.4 is 4.74 Å². The molecule has 0 aromatic heterocycles. The number of benzene rings is 2. The third kappa shape index (κ3) is 5.98. The van der Waals surface area contributed by atoms with Crippen LogP contribution >= 0.6 is 0 Å². The molecular weight excluding hydrogens is 348 g/mol. The van der Waals surface area contributed by atoms with E-state index in [1.165, 1.54) is 5.57 Å². The molecular formula is C25H28O3. The van der Waals surface area contributed by atoms with Crippen molar-refractivity contribution < 1.29 is 14.6 Å². The maximum Gasteiger partial charge on any atom is 0.167 e. The molecule has 0 aliphatic rings. The third-order valence-electron chi connectivity index (χ3n) is 4.37. The Morgan fingerprint density at radius 3 is 2.46 bits per heavy atom. The van der Waals surface area contributed by atoms with Crippen molar-refractivity contribution in [1.82, 2.24) is 0 Å². The van der Waals surface area contributed by atoms with Crippen LogP contribution in [0.1, 0.15) is 37.5 Å². The molecule has 0 saturated heterocycles. The first-order valence-corrected chi connectivity index (χ1v) is 9.42. The van der Waals surface area contributed by atoms with E-state index in [1.54, 1.807) is 18.2 Å². The summed E-state index contributed by atoms with van der Waals surface area (Å²) < 4.78 is 5.47. The smallest absolute Gasteiger partial charge is 0.167 e. The van der Waals surface area contributed by atoms with Crippen LogP contribution in [-0.2, 0) is 17.6 Å². The van der Waals surface area contributed by atoms with Gasteiger partial charge in [-0.1, -0.05) is 48.6 Å². The van der Waals surface area contributed by atoms with Crippen LogP contribution in [0.4, 0.5) is 0 Å². The highest BCUT2D eigenvalue weighted by atomic mass is 16.5. The lowest BCUT2D eigenvalue weighted by atomic mass is 9.94. The van der Waals surface area contributed by atoms with Crippen molar-refractivity contribution >= 4 is 11.4 Å². The number of ketones is 1. The van der Waals surface area contributed by atoms with E-state index in [-0.39, 0.29) is 11.5 Å². The topological polar surface area (TPSA) is 46.5 Å². The normalized spacial score (nSPS) is 11.0. The average Bonchev–Trinajstić information content (AvgIpc) is 2.68. The number of allylic oxidation sites excluding steroid dienone is 4. The summed E-state index contributed by atoms with van der Waals surface area (Å²) in [7, 11) is 0. The van der Waals surface area contributed by atoms with Crippen LogP contribution in [0, 0.1) is 0 Å². The molecule has 0 amide bonds. The lowest BCUT2D eigenvalue weighted by Gasteiger charge is -2.10. The fourth-order valence-corrected chi connectivity index (χ4v) is 2.86. The second-order valence-corrected chi connectivity index (χ2v) is 6.88. The molecule has 0 aliphatic carbocycles. The first-order chi connectivity index (χ1) is 13.4. The number of Topliss-reactive ketones (excluding diaryl/α,β-unsaturated/α-hetero) is 1. The molecule has 0 atom stereocenters. The van der Waals surface area contributed by atoms with Crippen molar-refractivity contribution in [3.05, 3.63) is 89.5 Å². The molecule has 0 radical (unpaired) electrons. The first-order valence-electron chi connectivity index (χ1n) is 9.42. The number of hydrogen-bond donors (Lipinski definition) is 1. The van der Waals surface area contributed by atoms with Gasteiger partial charge in [0.1, 0.15) is 18.1 Å². The highest BCUT2D eigenvalue weighted by Crippen LogP contribution is 2.26. The number of ether oxygens (including phenoxy) is 1. The molecule has 0 unspecified atom stereocenters. The first kappa shape index (κ1) is 21.2. The molecule has 0 heterocycles. The number of rotatable bonds is 9. The number of carbonyl (C=O) groups is 1. The molecule has 3 nitrogen and oxygen atoms in total. The Kier molecular flexibility index (Phi) is 7.82. The average molecular weight is 376 g/mol. The van der Waals surface area contributed by atoms with Gasteiger partial charge in [-0.3, -0.25) is 4.79 Å². The van der Waals surface area contributed by atoms with Gasteiger partial charge in [-0.15, -0.1) is 0 Å². The molecule has 0 bridgehead atoms. The largest absolute Gasteiger partial charge is 0.508 e. The minimum atomic E-state index is 0.0427. The summed E-state index contributed by atoms with van der Waals surface area (Å²) >= 11 is 0. The Labute approximate surface area is 167 Å². The van der Waals surface area contributed by atoms with Crippen LogP contribution in [0.2, 0.25) is 0 Å². The van der Waals surface area contributed by atoms with Crippen molar-refractivity contribution in [2.24, 2.45) is 0 Å². The van der Waals surface area contributed by atoms with E-state index in [9.17, 15) is 9.90 Å². The summed E-state index contributed by atoms with van der Waals surface area (Å²) in [5.74, 6) is 1.05. The van der Waals surface area contributed by atoms with Gasteiger partial charge in [0.25, 0.3) is 0 Å². The van der Waals surface area contributed by atoms with Gasteiger partial charge in [-0.2, -0.15) is 0 Å². The third-order valence-corrected chi connectivity index (χ3v) is 4.37. The minimum Gasteiger partial charge on any atom is -0.508 e. The van der Waals surface area contributed by atoms with Gasteiger partial charge in [0.05, 0.1) is 0 Å². The van der Waals surface area contributed by atoms with Gasteiger partial charge in [-0.25, -0.2) is 0 Å². The van der Waals surface area contributed by atoms with Crippen LogP contribution in [-0.4, -0.2) is 17.5 Å². The molecule has 0 saturated carbocycles. The second kappa shape index (κ2) is 10.3. The fourth-order valence-electron chi connectivity index (χ4n) is 2.86. The molecule has 2 rings (SSSR count). The SMILES string of the molecule is C=CCOc1ccc(CC(=O)/C(=C/C)c2ccc(O)c(CC=C(C)C)c2)cc1. The quantitative estimate of drug-likeness (QED) is 0.452. The Bertz CT molecular complexity index is 883. The summed E-state index contributed by atoms with van der Waals surface area (Å²) in [5, 5.41) is 10.1. The number of aromatic hydroxyl groups is 1. The zero-order valence-corrected chi connectivity index (χ0v) is 16.9. The van der Waals surface area contributed by atoms with E-state index in [0.717, 1.165) is 22.4 Å². The molecule has 0 spiro atoms. The molecule has 0 fully saturated rings. The van der Waals surface area contributed by atoms with Crippen molar-refractivity contribution in [1.29, 1.82) is 0 Å². The second-order valence-electron chi connectivity index (χ2n) is 6.88. The Morgan fingerprint density at radius 2 is 1.86 bits per heavy atom. The predicted molar refractivity (Wildman–Crippen MR) is 116 cm³/mol. The van der Waals surface area contributed by atoms with Crippen molar-refractivity contribution in [3.63, 3.8) is 0 Å². The van der Waals surface area contributed by atoms with E-state index in [1.807, 2.05) is 57.2 Å². The van der Waals surface area contributed by atoms with E-state index in [4.69, 9.17) is 4.74 Å². The lowest BCUT2D eigenvalue weighted by molar-refractivity contribution is -0.113. The van der Waals surface area contributed by atoms with Gasteiger partial charge in [-0.05, 0) is 68.1 Å². The van der Waals surface area contributed by atoms with Crippen LogP contribution in [0.3, 0.4) is 0 Å². The van der Waals surface area contributed by atoms with Gasteiger partial charge in [0.2, 0.25) is 0 Å². The van der Waals surface area contributed by atoms with E-state index in [0.29, 0.717) is 25.0 Å². The summed E-state index contributed by atoms with van der Waals surface area (Å²) in [6.45, 7) is 9.99. The number of phenolic OH excluding ortho intramolecular Hbond substituents is 1. The van der Waals surface area contributed by atoms with E-state index >= 15 is 0 Å². The maximum absolute atomic E-state index is 12.9. The van der Waals surface area contributed by atoms with Crippen molar-refractivity contribution in [3.8, 4) is 11.5 Å². The summed E-state index contributed by atoms with van der Waals surface area (Å²) in [6, 6.07) is 12.9. The van der Waals surface area contributed by atoms with Gasteiger partial charge >= 0.3 is 0 Å². The van der Waals surface area contributed by atoms with Gasteiger partial charge < -0.3 is 9.84 Å². The molecule has 28 heavy (non-hydrogen) atoms. The molecule has 146 valence electrons. The molecule has 0 aliphatic heterocycles. The lowest BCUT2D eigenvalue weighted by Crippen LogP contribution is -2.06. The summed E-state index contributed by atoms with van der Waals surface area (Å²) in [6.07, 6.45) is 6.54. The van der Waals surface area contributed by atoms with Crippen molar-refractivity contribution in [2.75, 3.05) is 6.61 Å². The molecule has 1 N–H and O–H groups in total. The fraction of sp³-hybridized carbons (Fsp3) is 0.240. The minimum absolute atomic E-state index is 0.0427. The van der Waals surface area contributed by atoms with E-state index < -0.39 is 0 Å². The zero-order valence-electron chi connectivity index (χ0n) is 16.9. The van der Waals surface area contributed by atoms with Crippen LogP contribution in [0.15, 0.2) is 72.8 Å². The molecule has 3 heteroatoms.